The Balaban J connectivity index is 2.22. The van der Waals surface area contributed by atoms with Gasteiger partial charge in [0.1, 0.15) is 12.2 Å². The van der Waals surface area contributed by atoms with Gasteiger partial charge in [0.05, 0.1) is 5.69 Å². The Morgan fingerprint density at radius 1 is 1.35 bits per heavy atom. The summed E-state index contributed by atoms with van der Waals surface area (Å²) < 4.78 is 3.88. The summed E-state index contributed by atoms with van der Waals surface area (Å²) in [6.07, 6.45) is 6.57. The van der Waals surface area contributed by atoms with Gasteiger partial charge in [0.2, 0.25) is 0 Å². The predicted octanol–water partition coefficient (Wildman–Crippen LogP) is 1.49. The molecular weight excluding hydrogens is 252 g/mol. The Morgan fingerprint density at radius 2 is 2.15 bits per heavy atom. The van der Waals surface area contributed by atoms with E-state index < -0.39 is 0 Å². The maximum Gasteiger partial charge on any atom is 0.138 e. The Labute approximate surface area is 120 Å². The SMILES string of the molecule is CCCn1ncnc1CC(NC)c1cn(C)nc1CC. The number of aromatic nitrogens is 5. The van der Waals surface area contributed by atoms with Crippen LogP contribution in [0.5, 0.6) is 0 Å². The molecule has 0 aliphatic rings. The van der Waals surface area contributed by atoms with Crippen molar-refractivity contribution in [3.05, 3.63) is 29.6 Å². The molecule has 20 heavy (non-hydrogen) atoms. The maximum atomic E-state index is 4.52. The molecule has 0 radical (unpaired) electrons. The first-order valence-corrected chi connectivity index (χ1v) is 7.25. The normalized spacial score (nSPS) is 12.8. The van der Waals surface area contributed by atoms with Crippen molar-refractivity contribution in [2.24, 2.45) is 7.05 Å². The Hall–Kier alpha value is -1.69. The lowest BCUT2D eigenvalue weighted by Crippen LogP contribution is -2.22. The first kappa shape index (κ1) is 14.7. The summed E-state index contributed by atoms with van der Waals surface area (Å²) in [4.78, 5) is 4.40. The minimum Gasteiger partial charge on any atom is -0.313 e. The first-order valence-electron chi connectivity index (χ1n) is 7.25. The predicted molar refractivity (Wildman–Crippen MR) is 78.4 cm³/mol. The molecule has 1 unspecified atom stereocenters. The molecule has 2 aromatic heterocycles. The molecule has 6 heteroatoms. The van der Waals surface area contributed by atoms with E-state index in [1.807, 2.05) is 23.5 Å². The Kier molecular flexibility index (Phi) is 4.89. The maximum absolute atomic E-state index is 4.52. The second kappa shape index (κ2) is 6.65. The van der Waals surface area contributed by atoms with E-state index in [1.165, 1.54) is 5.56 Å². The van der Waals surface area contributed by atoms with Crippen LogP contribution in [0.2, 0.25) is 0 Å². The van der Waals surface area contributed by atoms with Crippen molar-refractivity contribution in [3.8, 4) is 0 Å². The summed E-state index contributed by atoms with van der Waals surface area (Å²) in [6.45, 7) is 5.20. The van der Waals surface area contributed by atoms with Gasteiger partial charge in [0.15, 0.2) is 0 Å². The Morgan fingerprint density at radius 3 is 2.80 bits per heavy atom. The zero-order valence-electron chi connectivity index (χ0n) is 12.8. The molecular formula is C14H24N6. The van der Waals surface area contributed by atoms with Crippen LogP contribution in [0.4, 0.5) is 0 Å². The van der Waals surface area contributed by atoms with Gasteiger partial charge in [-0.05, 0) is 19.9 Å². The van der Waals surface area contributed by atoms with E-state index in [1.54, 1.807) is 6.33 Å². The molecule has 6 nitrogen and oxygen atoms in total. The largest absolute Gasteiger partial charge is 0.313 e. The van der Waals surface area contributed by atoms with Gasteiger partial charge < -0.3 is 5.32 Å². The van der Waals surface area contributed by atoms with E-state index in [4.69, 9.17) is 0 Å². The standard InChI is InChI=1S/C14H24N6/c1-5-7-20-14(16-10-17-20)8-13(15-3)11-9-19(4)18-12(11)6-2/h9-10,13,15H,5-8H2,1-4H3. The number of rotatable bonds is 7. The van der Waals surface area contributed by atoms with E-state index in [0.29, 0.717) is 0 Å². The van der Waals surface area contributed by atoms with Crippen molar-refractivity contribution in [1.29, 1.82) is 0 Å². The monoisotopic (exact) mass is 276 g/mol. The highest BCUT2D eigenvalue weighted by molar-refractivity contribution is 5.22. The smallest absolute Gasteiger partial charge is 0.138 e. The molecule has 0 spiro atoms. The highest BCUT2D eigenvalue weighted by Gasteiger charge is 2.19. The molecule has 0 saturated heterocycles. The van der Waals surface area contributed by atoms with Gasteiger partial charge >= 0.3 is 0 Å². The number of likely N-dealkylation sites (N-methyl/N-ethyl adjacent to an activating group) is 1. The fourth-order valence-corrected chi connectivity index (χ4v) is 2.51. The zero-order valence-corrected chi connectivity index (χ0v) is 12.8. The molecule has 110 valence electrons. The quantitative estimate of drug-likeness (QED) is 0.832. The molecule has 0 saturated carbocycles. The van der Waals surface area contributed by atoms with Crippen LogP contribution in [0.3, 0.4) is 0 Å². The highest BCUT2D eigenvalue weighted by Crippen LogP contribution is 2.20. The number of nitrogens with zero attached hydrogens (tertiary/aromatic N) is 5. The lowest BCUT2D eigenvalue weighted by atomic mass is 10.0. The topological polar surface area (TPSA) is 60.6 Å². The van der Waals surface area contributed by atoms with E-state index in [2.05, 4.69) is 40.5 Å². The van der Waals surface area contributed by atoms with Crippen molar-refractivity contribution in [3.63, 3.8) is 0 Å². The van der Waals surface area contributed by atoms with Gasteiger partial charge in [-0.3, -0.25) is 9.36 Å². The van der Waals surface area contributed by atoms with Crippen LogP contribution in [0.15, 0.2) is 12.5 Å². The Bertz CT molecular complexity index is 542. The second-order valence-corrected chi connectivity index (χ2v) is 5.00. The van der Waals surface area contributed by atoms with Crippen molar-refractivity contribution in [1.82, 2.24) is 29.9 Å². The van der Waals surface area contributed by atoms with Gasteiger partial charge in [0.25, 0.3) is 0 Å². The van der Waals surface area contributed by atoms with Crippen LogP contribution >= 0.6 is 0 Å². The van der Waals surface area contributed by atoms with Crippen LogP contribution in [0.25, 0.3) is 0 Å². The molecule has 1 atom stereocenters. The molecule has 0 fully saturated rings. The zero-order chi connectivity index (χ0) is 14.5. The summed E-state index contributed by atoms with van der Waals surface area (Å²) in [5, 5.41) is 12.2. The first-order chi connectivity index (χ1) is 9.69. The van der Waals surface area contributed by atoms with Crippen LogP contribution in [-0.2, 0) is 26.4 Å². The number of nitrogens with one attached hydrogen (secondary N) is 1. The van der Waals surface area contributed by atoms with E-state index in [0.717, 1.165) is 37.3 Å². The van der Waals surface area contributed by atoms with Crippen molar-refractivity contribution >= 4 is 0 Å². The molecule has 1 N–H and O–H groups in total. The lowest BCUT2D eigenvalue weighted by molar-refractivity contribution is 0.515. The molecule has 0 bridgehead atoms. The van der Waals surface area contributed by atoms with Crippen molar-refractivity contribution < 1.29 is 0 Å². The van der Waals surface area contributed by atoms with Crippen LogP contribution in [-0.4, -0.2) is 31.6 Å². The summed E-state index contributed by atoms with van der Waals surface area (Å²) in [7, 11) is 3.95. The van der Waals surface area contributed by atoms with Crippen LogP contribution < -0.4 is 5.32 Å². The third-order valence-corrected chi connectivity index (χ3v) is 3.51. The minimum absolute atomic E-state index is 0.221. The summed E-state index contributed by atoms with van der Waals surface area (Å²) in [5.41, 5.74) is 2.40. The third kappa shape index (κ3) is 3.07. The van der Waals surface area contributed by atoms with Crippen molar-refractivity contribution in [2.45, 2.75) is 45.7 Å². The molecule has 0 aliphatic carbocycles. The summed E-state index contributed by atoms with van der Waals surface area (Å²) >= 11 is 0. The highest BCUT2D eigenvalue weighted by atomic mass is 15.3. The van der Waals surface area contributed by atoms with Gasteiger partial charge in [-0.2, -0.15) is 10.2 Å². The van der Waals surface area contributed by atoms with Gasteiger partial charge in [-0.1, -0.05) is 13.8 Å². The van der Waals surface area contributed by atoms with E-state index in [-0.39, 0.29) is 6.04 Å². The third-order valence-electron chi connectivity index (χ3n) is 3.51. The molecule has 2 aromatic rings. The molecule has 2 rings (SSSR count). The second-order valence-electron chi connectivity index (χ2n) is 5.00. The van der Waals surface area contributed by atoms with Crippen LogP contribution in [0.1, 0.15) is 43.4 Å². The van der Waals surface area contributed by atoms with E-state index >= 15 is 0 Å². The average molecular weight is 276 g/mol. The summed E-state index contributed by atoms with van der Waals surface area (Å²) in [5.74, 6) is 1.03. The molecule has 0 aromatic carbocycles. The van der Waals surface area contributed by atoms with Crippen LogP contribution in [0, 0.1) is 0 Å². The van der Waals surface area contributed by atoms with Crippen molar-refractivity contribution in [2.75, 3.05) is 7.05 Å². The number of aryl methyl sites for hydroxylation is 3. The number of hydrogen-bond acceptors (Lipinski definition) is 4. The lowest BCUT2D eigenvalue weighted by Gasteiger charge is -2.16. The molecule has 0 amide bonds. The fraction of sp³-hybridized carbons (Fsp3) is 0.643. The molecule has 0 aliphatic heterocycles. The fourth-order valence-electron chi connectivity index (χ4n) is 2.51. The number of hydrogen-bond donors (Lipinski definition) is 1. The average Bonchev–Trinajstić information content (AvgIpc) is 3.03. The summed E-state index contributed by atoms with van der Waals surface area (Å²) in [6, 6.07) is 0.221. The molecule has 2 heterocycles. The van der Waals surface area contributed by atoms with Gasteiger partial charge in [-0.25, -0.2) is 4.98 Å². The van der Waals surface area contributed by atoms with Gasteiger partial charge in [0, 0.05) is 37.8 Å². The minimum atomic E-state index is 0.221. The van der Waals surface area contributed by atoms with Gasteiger partial charge in [-0.15, -0.1) is 0 Å². The van der Waals surface area contributed by atoms with E-state index in [9.17, 15) is 0 Å².